The average molecular weight is 434 g/mol. The molecule has 1 saturated heterocycles. The van der Waals surface area contributed by atoms with Gasteiger partial charge in [-0.15, -0.1) is 0 Å². The molecule has 2 aromatic carbocycles. The normalized spacial score (nSPS) is 17.4. The van der Waals surface area contributed by atoms with Crippen molar-refractivity contribution in [2.75, 3.05) is 44.7 Å². The molecule has 0 unspecified atom stereocenters. The second kappa shape index (κ2) is 9.67. The second-order valence-corrected chi connectivity index (χ2v) is 8.61. The minimum absolute atomic E-state index is 0.229. The van der Waals surface area contributed by atoms with Crippen molar-refractivity contribution < 1.29 is 14.3 Å². The van der Waals surface area contributed by atoms with E-state index in [2.05, 4.69) is 17.1 Å². The molecular formula is C26H31N3O3. The second-order valence-electron chi connectivity index (χ2n) is 8.61. The lowest BCUT2D eigenvalue weighted by atomic mass is 10.0. The number of benzene rings is 2. The van der Waals surface area contributed by atoms with Gasteiger partial charge in [0.1, 0.15) is 5.70 Å². The molecule has 2 aliphatic rings. The number of carbonyl (C=O) groups is 2. The molecule has 0 spiro atoms. The van der Waals surface area contributed by atoms with Gasteiger partial charge in [-0.05, 0) is 56.0 Å². The summed E-state index contributed by atoms with van der Waals surface area (Å²) < 4.78 is 5.40. The number of aryl methyl sites for hydroxylation is 3. The van der Waals surface area contributed by atoms with Crippen LogP contribution in [0, 0.1) is 20.8 Å². The van der Waals surface area contributed by atoms with Gasteiger partial charge in [0.05, 0.1) is 18.8 Å². The first kappa shape index (κ1) is 22.2. The highest BCUT2D eigenvalue weighted by atomic mass is 16.5. The number of morpholine rings is 1. The van der Waals surface area contributed by atoms with Crippen molar-refractivity contribution in [3.8, 4) is 0 Å². The molecule has 0 aliphatic carbocycles. The minimum atomic E-state index is -0.259. The molecule has 2 amide bonds. The number of anilines is 1. The van der Waals surface area contributed by atoms with Crippen molar-refractivity contribution in [2.45, 2.75) is 27.2 Å². The van der Waals surface area contributed by atoms with Gasteiger partial charge in [0, 0.05) is 31.9 Å². The summed E-state index contributed by atoms with van der Waals surface area (Å²) in [6, 6.07) is 13.7. The first-order chi connectivity index (χ1) is 15.4. The van der Waals surface area contributed by atoms with Crippen molar-refractivity contribution >= 4 is 23.1 Å². The molecule has 0 aromatic heterocycles. The van der Waals surface area contributed by atoms with E-state index in [4.69, 9.17) is 4.74 Å². The highest BCUT2D eigenvalue weighted by Crippen LogP contribution is 2.31. The van der Waals surface area contributed by atoms with Crippen molar-refractivity contribution in [1.82, 2.24) is 9.80 Å². The predicted molar refractivity (Wildman–Crippen MR) is 126 cm³/mol. The molecular weight excluding hydrogens is 402 g/mol. The van der Waals surface area contributed by atoms with E-state index in [1.807, 2.05) is 56.3 Å². The first-order valence-electron chi connectivity index (χ1n) is 11.3. The lowest BCUT2D eigenvalue weighted by molar-refractivity contribution is -0.136. The molecule has 32 heavy (non-hydrogen) atoms. The number of nitrogens with zero attached hydrogens (tertiary/aromatic N) is 2. The first-order valence-corrected chi connectivity index (χ1v) is 11.3. The monoisotopic (exact) mass is 433 g/mol. The molecule has 2 aliphatic heterocycles. The van der Waals surface area contributed by atoms with Gasteiger partial charge >= 0.3 is 0 Å². The smallest absolute Gasteiger partial charge is 0.278 e. The van der Waals surface area contributed by atoms with E-state index >= 15 is 0 Å². The Morgan fingerprint density at radius 1 is 0.875 bits per heavy atom. The molecule has 0 saturated carbocycles. The van der Waals surface area contributed by atoms with Gasteiger partial charge in [0.25, 0.3) is 11.8 Å². The minimum Gasteiger partial charge on any atom is -0.379 e. The van der Waals surface area contributed by atoms with Crippen molar-refractivity contribution in [3.05, 3.63) is 70.4 Å². The van der Waals surface area contributed by atoms with Crippen molar-refractivity contribution in [2.24, 2.45) is 0 Å². The highest BCUT2D eigenvalue weighted by Gasteiger charge is 2.39. The molecule has 6 heteroatoms. The molecule has 168 valence electrons. The van der Waals surface area contributed by atoms with E-state index in [0.717, 1.165) is 61.6 Å². The fourth-order valence-electron chi connectivity index (χ4n) is 4.12. The lowest BCUT2D eigenvalue weighted by Gasteiger charge is -2.27. The van der Waals surface area contributed by atoms with Crippen LogP contribution in [-0.2, 0) is 14.3 Å². The maximum atomic E-state index is 13.4. The summed E-state index contributed by atoms with van der Waals surface area (Å²) in [5.74, 6) is -0.488. The molecule has 0 radical (unpaired) electrons. The quantitative estimate of drug-likeness (QED) is 0.677. The Labute approximate surface area is 189 Å². The number of hydrogen-bond donors (Lipinski definition) is 1. The predicted octanol–water partition coefficient (Wildman–Crippen LogP) is 3.53. The summed E-state index contributed by atoms with van der Waals surface area (Å²) in [7, 11) is 0. The van der Waals surface area contributed by atoms with Crippen LogP contribution in [0.2, 0.25) is 0 Å². The third kappa shape index (κ3) is 4.76. The number of nitrogens with one attached hydrogen (secondary N) is 1. The van der Waals surface area contributed by atoms with Gasteiger partial charge in [-0.1, -0.05) is 35.9 Å². The largest absolute Gasteiger partial charge is 0.379 e. The zero-order chi connectivity index (χ0) is 22.7. The Morgan fingerprint density at radius 2 is 1.59 bits per heavy atom. The third-order valence-electron chi connectivity index (χ3n) is 6.24. The van der Waals surface area contributed by atoms with Crippen LogP contribution in [0.25, 0.3) is 5.57 Å². The van der Waals surface area contributed by atoms with E-state index < -0.39 is 0 Å². The molecule has 2 aromatic rings. The number of ether oxygens (including phenoxy) is 1. The fraction of sp³-hybridized carbons (Fsp3) is 0.385. The van der Waals surface area contributed by atoms with Gasteiger partial charge < -0.3 is 10.1 Å². The summed E-state index contributed by atoms with van der Waals surface area (Å²) in [5, 5.41) is 3.26. The number of amides is 2. The van der Waals surface area contributed by atoms with Gasteiger partial charge in [0.2, 0.25) is 0 Å². The summed E-state index contributed by atoms with van der Waals surface area (Å²) >= 11 is 0. The van der Waals surface area contributed by atoms with Crippen molar-refractivity contribution in [3.63, 3.8) is 0 Å². The van der Waals surface area contributed by atoms with Gasteiger partial charge in [0.15, 0.2) is 0 Å². The molecule has 1 N–H and O–H groups in total. The number of hydrogen-bond acceptors (Lipinski definition) is 5. The SMILES string of the molecule is Cc1ccc(C2=C(Nc3ccc(C)c(C)c3)C(=O)N(CCCN3CCOCC3)C2=O)cc1. The van der Waals surface area contributed by atoms with Crippen LogP contribution >= 0.6 is 0 Å². The highest BCUT2D eigenvalue weighted by molar-refractivity contribution is 6.36. The van der Waals surface area contributed by atoms with Crippen LogP contribution in [0.5, 0.6) is 0 Å². The number of rotatable bonds is 7. The Morgan fingerprint density at radius 3 is 2.28 bits per heavy atom. The Balaban J connectivity index is 1.57. The van der Waals surface area contributed by atoms with Crippen LogP contribution in [0.15, 0.2) is 48.2 Å². The molecule has 6 nitrogen and oxygen atoms in total. The number of imide groups is 1. The maximum Gasteiger partial charge on any atom is 0.278 e. The summed E-state index contributed by atoms with van der Waals surface area (Å²) in [4.78, 5) is 30.4. The van der Waals surface area contributed by atoms with Gasteiger partial charge in [-0.2, -0.15) is 0 Å². The van der Waals surface area contributed by atoms with E-state index in [9.17, 15) is 9.59 Å². The molecule has 1 fully saturated rings. The van der Waals surface area contributed by atoms with Crippen LogP contribution in [0.4, 0.5) is 5.69 Å². The zero-order valence-electron chi connectivity index (χ0n) is 19.1. The van der Waals surface area contributed by atoms with E-state index in [0.29, 0.717) is 17.8 Å². The van der Waals surface area contributed by atoms with Crippen LogP contribution in [-0.4, -0.2) is 61.0 Å². The lowest BCUT2D eigenvalue weighted by Crippen LogP contribution is -2.39. The standard InChI is InChI=1S/C26H31N3O3/c1-18-5-8-21(9-6-18)23-24(27-22-10-7-19(2)20(3)17-22)26(31)29(25(23)30)12-4-11-28-13-15-32-16-14-28/h5-10,17,27H,4,11-16H2,1-3H3. The van der Waals surface area contributed by atoms with Crippen LogP contribution in [0.3, 0.4) is 0 Å². The van der Waals surface area contributed by atoms with E-state index in [1.165, 1.54) is 10.5 Å². The number of carbonyl (C=O) groups excluding carboxylic acids is 2. The molecule has 4 rings (SSSR count). The topological polar surface area (TPSA) is 61.9 Å². The summed E-state index contributed by atoms with van der Waals surface area (Å²) in [6.45, 7) is 10.6. The van der Waals surface area contributed by atoms with Crippen molar-refractivity contribution in [1.29, 1.82) is 0 Å². The summed E-state index contributed by atoms with van der Waals surface area (Å²) in [5.41, 5.74) is 5.79. The Kier molecular flexibility index (Phi) is 6.72. The molecule has 0 atom stereocenters. The molecule has 2 heterocycles. The van der Waals surface area contributed by atoms with Gasteiger partial charge in [-0.3, -0.25) is 19.4 Å². The summed E-state index contributed by atoms with van der Waals surface area (Å²) in [6.07, 6.45) is 0.746. The van der Waals surface area contributed by atoms with Gasteiger partial charge in [-0.25, -0.2) is 0 Å². The van der Waals surface area contributed by atoms with E-state index in [1.54, 1.807) is 0 Å². The fourth-order valence-corrected chi connectivity index (χ4v) is 4.12. The van der Waals surface area contributed by atoms with E-state index in [-0.39, 0.29) is 11.8 Å². The van der Waals surface area contributed by atoms with Crippen LogP contribution in [0.1, 0.15) is 28.7 Å². The Bertz CT molecular complexity index is 1040. The maximum absolute atomic E-state index is 13.4. The zero-order valence-corrected chi connectivity index (χ0v) is 19.1. The molecule has 0 bridgehead atoms. The van der Waals surface area contributed by atoms with Crippen LogP contribution < -0.4 is 5.32 Å². The Hall–Kier alpha value is -2.96. The third-order valence-corrected chi connectivity index (χ3v) is 6.24. The average Bonchev–Trinajstić information content (AvgIpc) is 3.02.